The fourth-order valence-electron chi connectivity index (χ4n) is 4.19. The lowest BCUT2D eigenvalue weighted by atomic mass is 9.87. The zero-order valence-corrected chi connectivity index (χ0v) is 18.9. The van der Waals surface area contributed by atoms with Crippen LogP contribution in [0.1, 0.15) is 140 Å². The smallest absolute Gasteiger partial charge is 0.0162 e. The largest absolute Gasteiger partial charge is 0.0654 e. The van der Waals surface area contributed by atoms with E-state index in [1.165, 1.54) is 115 Å². The molecular weight excluding hydrogens is 324 g/mol. The Hall–Kier alpha value is -0.780. The molecule has 0 nitrogen and oxygen atoms in total. The predicted molar refractivity (Wildman–Crippen MR) is 124 cm³/mol. The van der Waals surface area contributed by atoms with Crippen LogP contribution in [0.4, 0.5) is 0 Å². The van der Waals surface area contributed by atoms with Crippen molar-refractivity contribution < 1.29 is 0 Å². The van der Waals surface area contributed by atoms with Crippen molar-refractivity contribution in [3.8, 4) is 0 Å². The molecule has 0 saturated carbocycles. The summed E-state index contributed by atoms with van der Waals surface area (Å²) in [6, 6.07) is 9.40. The molecule has 0 aliphatic rings. The number of hydrogen-bond donors (Lipinski definition) is 0. The van der Waals surface area contributed by atoms with Gasteiger partial charge in [0, 0.05) is 0 Å². The van der Waals surface area contributed by atoms with Crippen LogP contribution in [0.15, 0.2) is 24.3 Å². The fourth-order valence-corrected chi connectivity index (χ4v) is 4.19. The van der Waals surface area contributed by atoms with E-state index in [9.17, 15) is 0 Å². The Morgan fingerprint density at radius 1 is 0.519 bits per heavy atom. The lowest BCUT2D eigenvalue weighted by molar-refractivity contribution is 0.483. The maximum Gasteiger partial charge on any atom is -0.0162 e. The van der Waals surface area contributed by atoms with Gasteiger partial charge in [-0.25, -0.2) is 0 Å². The molecule has 156 valence electrons. The first-order chi connectivity index (χ1) is 13.3. The van der Waals surface area contributed by atoms with Crippen LogP contribution >= 0.6 is 0 Å². The van der Waals surface area contributed by atoms with Gasteiger partial charge in [0.15, 0.2) is 0 Å². The Kier molecular flexibility index (Phi) is 15.6. The Balaban J connectivity index is 2.26. The summed E-state index contributed by atoms with van der Waals surface area (Å²) in [6.07, 6.45) is 24.2. The van der Waals surface area contributed by atoms with Gasteiger partial charge in [-0.2, -0.15) is 0 Å². The van der Waals surface area contributed by atoms with Gasteiger partial charge < -0.3 is 0 Å². The lowest BCUT2D eigenvalue weighted by Crippen LogP contribution is -2.00. The number of unbranched alkanes of at least 4 members (excludes halogenated alkanes) is 13. The molecule has 1 aromatic rings. The molecule has 0 N–H and O–H groups in total. The summed E-state index contributed by atoms with van der Waals surface area (Å²) in [7, 11) is 0. The van der Waals surface area contributed by atoms with Gasteiger partial charge in [-0.3, -0.25) is 0 Å². The highest BCUT2D eigenvalue weighted by Crippen LogP contribution is 2.29. The molecule has 1 unspecified atom stereocenters. The molecule has 0 heteroatoms. The second-order valence-electron chi connectivity index (χ2n) is 8.78. The Labute approximate surface area is 171 Å². The summed E-state index contributed by atoms with van der Waals surface area (Å²) in [5.74, 6) is 0.793. The van der Waals surface area contributed by atoms with E-state index in [4.69, 9.17) is 0 Å². The topological polar surface area (TPSA) is 0 Å². The molecule has 0 heterocycles. The first kappa shape index (κ1) is 24.3. The second kappa shape index (κ2) is 17.3. The van der Waals surface area contributed by atoms with Crippen molar-refractivity contribution in [3.63, 3.8) is 0 Å². The zero-order valence-electron chi connectivity index (χ0n) is 18.9. The third kappa shape index (κ3) is 13.1. The van der Waals surface area contributed by atoms with E-state index in [0.717, 1.165) is 5.92 Å². The van der Waals surface area contributed by atoms with Crippen LogP contribution < -0.4 is 0 Å². The molecule has 1 atom stereocenters. The van der Waals surface area contributed by atoms with Crippen LogP contribution in [0.25, 0.3) is 0 Å². The molecule has 27 heavy (non-hydrogen) atoms. The third-order valence-electron chi connectivity index (χ3n) is 6.11. The molecule has 0 aliphatic carbocycles. The van der Waals surface area contributed by atoms with Gasteiger partial charge in [-0.1, -0.05) is 140 Å². The van der Waals surface area contributed by atoms with Crippen LogP contribution in [0.2, 0.25) is 0 Å². The summed E-state index contributed by atoms with van der Waals surface area (Å²) < 4.78 is 0. The minimum atomic E-state index is 0.793. The SMILES string of the molecule is CCCCCCCCCCC(CCCCCCCCC)c1ccc(C)cc1. The lowest BCUT2D eigenvalue weighted by Gasteiger charge is -2.18. The predicted octanol–water partition coefficient (Wildman–Crippen LogP) is 9.75. The molecule has 1 rings (SSSR count). The van der Waals surface area contributed by atoms with E-state index < -0.39 is 0 Å². The Morgan fingerprint density at radius 2 is 0.889 bits per heavy atom. The minimum Gasteiger partial charge on any atom is -0.0654 e. The van der Waals surface area contributed by atoms with Gasteiger partial charge in [0.2, 0.25) is 0 Å². The summed E-state index contributed by atoms with van der Waals surface area (Å²) >= 11 is 0. The van der Waals surface area contributed by atoms with Crippen molar-refractivity contribution in [3.05, 3.63) is 35.4 Å². The summed E-state index contributed by atoms with van der Waals surface area (Å²) in [4.78, 5) is 0. The normalized spacial score (nSPS) is 12.4. The molecule has 0 amide bonds. The summed E-state index contributed by atoms with van der Waals surface area (Å²) in [5.41, 5.74) is 2.98. The fraction of sp³-hybridized carbons (Fsp3) is 0.778. The molecule has 0 aliphatic heterocycles. The van der Waals surface area contributed by atoms with Crippen LogP contribution in [-0.2, 0) is 0 Å². The molecule has 0 radical (unpaired) electrons. The Bertz CT molecular complexity index is 416. The molecule has 0 spiro atoms. The van der Waals surface area contributed by atoms with Gasteiger partial charge in [-0.05, 0) is 31.2 Å². The average Bonchev–Trinajstić information content (AvgIpc) is 2.68. The van der Waals surface area contributed by atoms with E-state index in [0.29, 0.717) is 0 Å². The van der Waals surface area contributed by atoms with Crippen LogP contribution in [0, 0.1) is 6.92 Å². The van der Waals surface area contributed by atoms with E-state index in [2.05, 4.69) is 45.0 Å². The standard InChI is InChI=1S/C27H48/c1-4-6-8-10-12-14-16-18-20-26(27-23-21-25(3)22-24-27)19-17-15-13-11-9-7-5-2/h21-24,26H,4-20H2,1-3H3. The third-order valence-corrected chi connectivity index (χ3v) is 6.11. The average molecular weight is 373 g/mol. The van der Waals surface area contributed by atoms with Crippen LogP contribution in [0.5, 0.6) is 0 Å². The first-order valence-electron chi connectivity index (χ1n) is 12.3. The van der Waals surface area contributed by atoms with Crippen molar-refractivity contribution in [1.29, 1.82) is 0 Å². The van der Waals surface area contributed by atoms with Gasteiger partial charge in [0.05, 0.1) is 0 Å². The number of benzene rings is 1. The maximum absolute atomic E-state index is 2.39. The van der Waals surface area contributed by atoms with E-state index in [-0.39, 0.29) is 0 Å². The zero-order chi connectivity index (χ0) is 19.6. The molecule has 0 saturated heterocycles. The van der Waals surface area contributed by atoms with Crippen molar-refractivity contribution in [2.24, 2.45) is 0 Å². The van der Waals surface area contributed by atoms with E-state index in [1.807, 2.05) is 0 Å². The van der Waals surface area contributed by atoms with Crippen molar-refractivity contribution >= 4 is 0 Å². The highest BCUT2D eigenvalue weighted by Gasteiger charge is 2.11. The monoisotopic (exact) mass is 372 g/mol. The highest BCUT2D eigenvalue weighted by molar-refractivity contribution is 5.24. The van der Waals surface area contributed by atoms with Gasteiger partial charge >= 0.3 is 0 Å². The number of hydrogen-bond acceptors (Lipinski definition) is 0. The van der Waals surface area contributed by atoms with E-state index >= 15 is 0 Å². The van der Waals surface area contributed by atoms with Crippen LogP contribution in [-0.4, -0.2) is 0 Å². The molecule has 0 bridgehead atoms. The highest BCUT2D eigenvalue weighted by atomic mass is 14.2. The van der Waals surface area contributed by atoms with Gasteiger partial charge in [0.1, 0.15) is 0 Å². The van der Waals surface area contributed by atoms with Crippen LogP contribution in [0.3, 0.4) is 0 Å². The molecule has 0 fully saturated rings. The number of rotatable bonds is 18. The van der Waals surface area contributed by atoms with Crippen molar-refractivity contribution in [2.45, 2.75) is 136 Å². The van der Waals surface area contributed by atoms with Crippen molar-refractivity contribution in [1.82, 2.24) is 0 Å². The minimum absolute atomic E-state index is 0.793. The first-order valence-corrected chi connectivity index (χ1v) is 12.3. The molecule has 0 aromatic heterocycles. The molecule has 1 aromatic carbocycles. The second-order valence-corrected chi connectivity index (χ2v) is 8.78. The number of aryl methyl sites for hydroxylation is 1. The summed E-state index contributed by atoms with van der Waals surface area (Å²) in [5, 5.41) is 0. The molecular formula is C27H48. The maximum atomic E-state index is 2.39. The van der Waals surface area contributed by atoms with Gasteiger partial charge in [0.25, 0.3) is 0 Å². The van der Waals surface area contributed by atoms with Crippen molar-refractivity contribution in [2.75, 3.05) is 0 Å². The summed E-state index contributed by atoms with van der Waals surface area (Å²) in [6.45, 7) is 6.81. The Morgan fingerprint density at radius 3 is 1.30 bits per heavy atom. The quantitative estimate of drug-likeness (QED) is 0.225. The van der Waals surface area contributed by atoms with E-state index in [1.54, 1.807) is 5.56 Å². The van der Waals surface area contributed by atoms with Gasteiger partial charge in [-0.15, -0.1) is 0 Å².